The Morgan fingerprint density at radius 1 is 1.08 bits per heavy atom. The molecule has 1 aromatic carbocycles. The van der Waals surface area contributed by atoms with Crippen LogP contribution in [0.5, 0.6) is 0 Å². The van der Waals surface area contributed by atoms with E-state index in [0.29, 0.717) is 0 Å². The molecule has 3 aromatic rings. The lowest BCUT2D eigenvalue weighted by Crippen LogP contribution is -2.46. The second kappa shape index (κ2) is 6.78. The van der Waals surface area contributed by atoms with Crippen molar-refractivity contribution in [2.45, 2.75) is 13.5 Å². The van der Waals surface area contributed by atoms with Crippen LogP contribution in [0.15, 0.2) is 40.4 Å². The van der Waals surface area contributed by atoms with Crippen LogP contribution in [0.3, 0.4) is 0 Å². The lowest BCUT2D eigenvalue weighted by Gasteiger charge is -2.35. The average Bonchev–Trinajstić information content (AvgIpc) is 3.00. The number of thiophene rings is 1. The zero-order valence-corrected chi connectivity index (χ0v) is 16.0. The van der Waals surface area contributed by atoms with E-state index in [2.05, 4.69) is 73.0 Å². The molecule has 4 nitrogen and oxygen atoms in total. The number of anilines is 1. The van der Waals surface area contributed by atoms with Gasteiger partial charge in [0.2, 0.25) is 0 Å². The van der Waals surface area contributed by atoms with Crippen molar-refractivity contribution in [2.24, 2.45) is 0 Å². The van der Waals surface area contributed by atoms with Crippen molar-refractivity contribution in [3.8, 4) is 0 Å². The molecular weight excluding hydrogens is 384 g/mol. The Hall–Kier alpha value is -1.50. The van der Waals surface area contributed by atoms with Gasteiger partial charge in [-0.15, -0.1) is 11.3 Å². The predicted octanol–water partition coefficient (Wildman–Crippen LogP) is 4.08. The van der Waals surface area contributed by atoms with Gasteiger partial charge in [-0.25, -0.2) is 9.97 Å². The first-order chi connectivity index (χ1) is 11.7. The first kappa shape index (κ1) is 16.0. The average molecular weight is 403 g/mol. The third-order valence-corrected chi connectivity index (χ3v) is 6.06. The molecule has 1 fully saturated rings. The molecule has 24 heavy (non-hydrogen) atoms. The summed E-state index contributed by atoms with van der Waals surface area (Å²) in [6.45, 7) is 7.29. The number of aryl methyl sites for hydroxylation is 1. The number of rotatable bonds is 3. The smallest absolute Gasteiger partial charge is 0.139 e. The van der Waals surface area contributed by atoms with E-state index in [1.54, 1.807) is 6.33 Å². The second-order valence-electron chi connectivity index (χ2n) is 6.19. The van der Waals surface area contributed by atoms with E-state index in [1.807, 2.05) is 11.3 Å². The second-order valence-corrected chi connectivity index (χ2v) is 8.73. The minimum atomic E-state index is 1.01. The first-order valence-electron chi connectivity index (χ1n) is 8.12. The number of piperazine rings is 1. The van der Waals surface area contributed by atoms with Gasteiger partial charge in [0, 0.05) is 43.0 Å². The summed E-state index contributed by atoms with van der Waals surface area (Å²) in [5.74, 6) is 1.07. The zero-order chi connectivity index (χ0) is 16.5. The highest BCUT2D eigenvalue weighted by Gasteiger charge is 2.20. The molecular formula is C18H19BrN4S. The number of hydrogen-bond donors (Lipinski definition) is 0. The van der Waals surface area contributed by atoms with Crippen LogP contribution in [0.25, 0.3) is 10.9 Å². The first-order valence-corrected chi connectivity index (χ1v) is 9.73. The van der Waals surface area contributed by atoms with Crippen molar-refractivity contribution in [1.29, 1.82) is 0 Å². The maximum absolute atomic E-state index is 4.58. The van der Waals surface area contributed by atoms with Crippen LogP contribution >= 0.6 is 27.3 Å². The van der Waals surface area contributed by atoms with Crippen LogP contribution in [0.2, 0.25) is 0 Å². The summed E-state index contributed by atoms with van der Waals surface area (Å²) in [7, 11) is 0. The Bertz CT molecular complexity index is 855. The van der Waals surface area contributed by atoms with E-state index in [9.17, 15) is 0 Å². The fraction of sp³-hybridized carbons (Fsp3) is 0.333. The van der Waals surface area contributed by atoms with Gasteiger partial charge in [-0.1, -0.05) is 11.6 Å². The molecule has 1 aliphatic heterocycles. The highest BCUT2D eigenvalue weighted by molar-refractivity contribution is 9.11. The SMILES string of the molecule is Cc1ccc2ncnc(N3CCN(Cc4ccc(Br)s4)CC3)c2c1. The highest BCUT2D eigenvalue weighted by Crippen LogP contribution is 2.26. The van der Waals surface area contributed by atoms with Crippen LogP contribution in [0.4, 0.5) is 5.82 Å². The summed E-state index contributed by atoms with van der Waals surface area (Å²) < 4.78 is 1.21. The topological polar surface area (TPSA) is 32.3 Å². The van der Waals surface area contributed by atoms with Crippen molar-refractivity contribution in [3.05, 3.63) is 50.9 Å². The molecule has 0 radical (unpaired) electrons. The molecule has 0 bridgehead atoms. The Morgan fingerprint density at radius 3 is 2.67 bits per heavy atom. The van der Waals surface area contributed by atoms with Gasteiger partial charge in [-0.3, -0.25) is 4.90 Å². The highest BCUT2D eigenvalue weighted by atomic mass is 79.9. The Labute approximate surface area is 154 Å². The van der Waals surface area contributed by atoms with E-state index in [1.165, 1.54) is 14.2 Å². The van der Waals surface area contributed by atoms with Gasteiger partial charge in [0.05, 0.1) is 9.30 Å². The quantitative estimate of drug-likeness (QED) is 0.660. The molecule has 124 valence electrons. The normalized spacial score (nSPS) is 16.0. The van der Waals surface area contributed by atoms with Gasteiger partial charge in [0.15, 0.2) is 0 Å². The van der Waals surface area contributed by atoms with Gasteiger partial charge in [0.25, 0.3) is 0 Å². The van der Waals surface area contributed by atoms with E-state index in [0.717, 1.165) is 49.4 Å². The summed E-state index contributed by atoms with van der Waals surface area (Å²) in [6.07, 6.45) is 1.68. The van der Waals surface area contributed by atoms with E-state index in [4.69, 9.17) is 0 Å². The van der Waals surface area contributed by atoms with Crippen molar-refractivity contribution < 1.29 is 0 Å². The number of hydrogen-bond acceptors (Lipinski definition) is 5. The molecule has 1 saturated heterocycles. The molecule has 0 aliphatic carbocycles. The lowest BCUT2D eigenvalue weighted by molar-refractivity contribution is 0.251. The molecule has 0 saturated carbocycles. The third-order valence-electron chi connectivity index (χ3n) is 4.45. The molecule has 2 aromatic heterocycles. The molecule has 0 N–H and O–H groups in total. The molecule has 3 heterocycles. The van der Waals surface area contributed by atoms with Crippen molar-refractivity contribution in [2.75, 3.05) is 31.1 Å². The predicted molar refractivity (Wildman–Crippen MR) is 104 cm³/mol. The van der Waals surface area contributed by atoms with Crippen LogP contribution in [0.1, 0.15) is 10.4 Å². The fourth-order valence-electron chi connectivity index (χ4n) is 3.18. The number of benzene rings is 1. The van der Waals surface area contributed by atoms with Crippen LogP contribution in [-0.2, 0) is 6.54 Å². The van der Waals surface area contributed by atoms with Gasteiger partial charge < -0.3 is 4.90 Å². The van der Waals surface area contributed by atoms with Crippen molar-refractivity contribution in [1.82, 2.24) is 14.9 Å². The maximum Gasteiger partial charge on any atom is 0.139 e. The summed E-state index contributed by atoms with van der Waals surface area (Å²) in [5.41, 5.74) is 2.27. The van der Waals surface area contributed by atoms with Gasteiger partial charge in [-0.05, 0) is 47.1 Å². The molecule has 0 spiro atoms. The Morgan fingerprint density at radius 2 is 1.92 bits per heavy atom. The van der Waals surface area contributed by atoms with Crippen LogP contribution < -0.4 is 4.90 Å². The monoisotopic (exact) mass is 402 g/mol. The number of aromatic nitrogens is 2. The Balaban J connectivity index is 1.49. The molecule has 0 unspecified atom stereocenters. The molecule has 6 heteroatoms. The maximum atomic E-state index is 4.58. The lowest BCUT2D eigenvalue weighted by atomic mass is 10.1. The molecule has 0 amide bonds. The van der Waals surface area contributed by atoms with Crippen LogP contribution in [-0.4, -0.2) is 41.0 Å². The van der Waals surface area contributed by atoms with Crippen molar-refractivity contribution in [3.63, 3.8) is 0 Å². The standard InChI is InChI=1S/C18H19BrN4S/c1-13-2-4-16-15(10-13)18(21-12-20-16)23-8-6-22(7-9-23)11-14-3-5-17(19)24-14/h2-5,10,12H,6-9,11H2,1H3. The van der Waals surface area contributed by atoms with Crippen molar-refractivity contribution >= 4 is 44.0 Å². The van der Waals surface area contributed by atoms with Gasteiger partial charge in [-0.2, -0.15) is 0 Å². The molecule has 0 atom stereocenters. The third kappa shape index (κ3) is 3.31. The summed E-state index contributed by atoms with van der Waals surface area (Å²) in [6, 6.07) is 10.7. The summed E-state index contributed by atoms with van der Waals surface area (Å²) in [4.78, 5) is 15.3. The number of halogens is 1. The number of nitrogens with zero attached hydrogens (tertiary/aromatic N) is 4. The van der Waals surface area contributed by atoms with Gasteiger partial charge >= 0.3 is 0 Å². The summed E-state index contributed by atoms with van der Waals surface area (Å²) in [5, 5.41) is 1.16. The molecule has 1 aliphatic rings. The van der Waals surface area contributed by atoms with E-state index >= 15 is 0 Å². The van der Waals surface area contributed by atoms with E-state index < -0.39 is 0 Å². The molecule has 4 rings (SSSR count). The summed E-state index contributed by atoms with van der Waals surface area (Å²) >= 11 is 5.37. The zero-order valence-electron chi connectivity index (χ0n) is 13.6. The largest absolute Gasteiger partial charge is 0.353 e. The van der Waals surface area contributed by atoms with Crippen LogP contribution in [0, 0.1) is 6.92 Å². The van der Waals surface area contributed by atoms with E-state index in [-0.39, 0.29) is 0 Å². The Kier molecular flexibility index (Phi) is 4.52. The van der Waals surface area contributed by atoms with Gasteiger partial charge in [0.1, 0.15) is 12.1 Å². The fourth-order valence-corrected chi connectivity index (χ4v) is 4.71. The minimum Gasteiger partial charge on any atom is -0.353 e. The number of fused-ring (bicyclic) bond motifs is 1. The minimum absolute atomic E-state index is 1.01.